The molecule has 0 aliphatic heterocycles. The number of hydrogen-bond donors (Lipinski definition) is 1. The molecule has 0 bridgehead atoms. The minimum atomic E-state index is 0.368. The summed E-state index contributed by atoms with van der Waals surface area (Å²) in [6.45, 7) is 9.40. The lowest BCUT2D eigenvalue weighted by Gasteiger charge is -2.15. The first-order valence-corrected chi connectivity index (χ1v) is 8.09. The largest absolute Gasteiger partial charge is 0.494 e. The summed E-state index contributed by atoms with van der Waals surface area (Å²) in [5.74, 6) is 1.53. The molecule has 1 aromatic carbocycles. The minimum absolute atomic E-state index is 0.368. The van der Waals surface area contributed by atoms with Gasteiger partial charge < -0.3 is 10.5 Å². The molecule has 0 aliphatic carbocycles. The molecule has 0 heterocycles. The second-order valence-electron chi connectivity index (χ2n) is 5.90. The van der Waals surface area contributed by atoms with Gasteiger partial charge in [0.25, 0.3) is 0 Å². The first-order valence-electron chi connectivity index (χ1n) is 8.09. The lowest BCUT2D eigenvalue weighted by molar-refractivity contribution is 0.335. The van der Waals surface area contributed by atoms with E-state index < -0.39 is 0 Å². The molecule has 0 saturated carbocycles. The zero-order chi connectivity index (χ0) is 15.0. The lowest BCUT2D eigenvalue weighted by atomic mass is 9.96. The summed E-state index contributed by atoms with van der Waals surface area (Å²) in [7, 11) is 0. The zero-order valence-electron chi connectivity index (χ0n) is 13.6. The molecule has 0 aromatic heterocycles. The van der Waals surface area contributed by atoms with Crippen LogP contribution in [0.15, 0.2) is 18.2 Å². The molecule has 0 fully saturated rings. The van der Waals surface area contributed by atoms with Crippen LogP contribution in [0.1, 0.15) is 70.4 Å². The van der Waals surface area contributed by atoms with Crippen LogP contribution < -0.4 is 10.5 Å². The van der Waals surface area contributed by atoms with Crippen LogP contribution in [0, 0.1) is 0 Å². The van der Waals surface area contributed by atoms with Crippen LogP contribution in [0.4, 0.5) is 0 Å². The third-order valence-corrected chi connectivity index (χ3v) is 3.70. The average Bonchev–Trinajstić information content (AvgIpc) is 2.40. The van der Waals surface area contributed by atoms with Gasteiger partial charge in [-0.05, 0) is 55.7 Å². The van der Waals surface area contributed by atoms with Crippen LogP contribution in [0.2, 0.25) is 0 Å². The maximum Gasteiger partial charge on any atom is 0.122 e. The normalized spacial score (nSPS) is 12.7. The van der Waals surface area contributed by atoms with Crippen molar-refractivity contribution >= 4 is 0 Å². The molecule has 1 rings (SSSR count). The van der Waals surface area contributed by atoms with E-state index in [2.05, 4.69) is 39.0 Å². The summed E-state index contributed by atoms with van der Waals surface area (Å²) < 4.78 is 5.71. The van der Waals surface area contributed by atoms with Crippen LogP contribution in [0.25, 0.3) is 0 Å². The van der Waals surface area contributed by atoms with Gasteiger partial charge in [-0.2, -0.15) is 0 Å². The fourth-order valence-corrected chi connectivity index (χ4v) is 2.58. The molecular formula is C18H31NO. The van der Waals surface area contributed by atoms with Crippen LogP contribution in [0.3, 0.4) is 0 Å². The van der Waals surface area contributed by atoms with E-state index in [1.54, 1.807) is 0 Å². The molecule has 1 unspecified atom stereocenters. The highest BCUT2D eigenvalue weighted by Gasteiger charge is 2.09. The molecule has 0 saturated heterocycles. The van der Waals surface area contributed by atoms with Crippen LogP contribution in [-0.4, -0.2) is 12.6 Å². The highest BCUT2D eigenvalue weighted by atomic mass is 16.5. The minimum Gasteiger partial charge on any atom is -0.494 e. The topological polar surface area (TPSA) is 35.2 Å². The molecule has 1 aromatic rings. The molecule has 2 N–H and O–H groups in total. The van der Waals surface area contributed by atoms with E-state index in [9.17, 15) is 0 Å². The van der Waals surface area contributed by atoms with Crippen LogP contribution in [0.5, 0.6) is 5.75 Å². The van der Waals surface area contributed by atoms with Gasteiger partial charge in [-0.25, -0.2) is 0 Å². The number of nitrogens with two attached hydrogens (primary N) is 1. The third-order valence-electron chi connectivity index (χ3n) is 3.70. The quantitative estimate of drug-likeness (QED) is 0.712. The van der Waals surface area contributed by atoms with Crippen molar-refractivity contribution in [2.45, 2.75) is 71.8 Å². The SMILES string of the molecule is CCCC(N)CCCc1ccc(OCC)c(C(C)C)c1. The van der Waals surface area contributed by atoms with E-state index in [-0.39, 0.29) is 0 Å². The Balaban J connectivity index is 2.60. The molecular weight excluding hydrogens is 246 g/mol. The van der Waals surface area contributed by atoms with Crippen molar-refractivity contribution in [3.63, 3.8) is 0 Å². The standard InChI is InChI=1S/C18H31NO/c1-5-8-16(19)10-7-9-15-11-12-18(20-6-2)17(13-15)14(3)4/h11-14,16H,5-10,19H2,1-4H3. The average molecular weight is 277 g/mol. The van der Waals surface area contributed by atoms with E-state index in [0.29, 0.717) is 12.0 Å². The Morgan fingerprint density at radius 1 is 1.15 bits per heavy atom. The van der Waals surface area contributed by atoms with Gasteiger partial charge in [-0.1, -0.05) is 39.3 Å². The summed E-state index contributed by atoms with van der Waals surface area (Å²) >= 11 is 0. The van der Waals surface area contributed by atoms with Crippen molar-refractivity contribution in [3.05, 3.63) is 29.3 Å². The van der Waals surface area contributed by atoms with E-state index in [4.69, 9.17) is 10.5 Å². The molecule has 0 radical (unpaired) electrons. The smallest absolute Gasteiger partial charge is 0.122 e. The van der Waals surface area contributed by atoms with Gasteiger partial charge in [-0.15, -0.1) is 0 Å². The Hall–Kier alpha value is -1.02. The van der Waals surface area contributed by atoms with E-state index in [0.717, 1.165) is 31.6 Å². The molecule has 20 heavy (non-hydrogen) atoms. The Morgan fingerprint density at radius 3 is 2.50 bits per heavy atom. The number of ether oxygens (including phenoxy) is 1. The summed E-state index contributed by atoms with van der Waals surface area (Å²) in [6.07, 6.45) is 5.73. The van der Waals surface area contributed by atoms with Gasteiger partial charge in [-0.3, -0.25) is 0 Å². The molecule has 1 atom stereocenters. The molecule has 0 amide bonds. The Bertz CT molecular complexity index is 387. The van der Waals surface area contributed by atoms with E-state index in [1.165, 1.54) is 24.0 Å². The molecule has 2 heteroatoms. The summed E-state index contributed by atoms with van der Waals surface area (Å²) in [4.78, 5) is 0. The van der Waals surface area contributed by atoms with Crippen molar-refractivity contribution < 1.29 is 4.74 Å². The van der Waals surface area contributed by atoms with E-state index in [1.807, 2.05) is 6.92 Å². The van der Waals surface area contributed by atoms with Crippen molar-refractivity contribution in [2.24, 2.45) is 5.73 Å². The second kappa shape index (κ2) is 9.02. The number of rotatable bonds is 9. The summed E-state index contributed by atoms with van der Waals surface area (Å²) in [5.41, 5.74) is 8.80. The maximum absolute atomic E-state index is 6.07. The van der Waals surface area contributed by atoms with Gasteiger partial charge in [0, 0.05) is 6.04 Å². The monoisotopic (exact) mass is 277 g/mol. The molecule has 0 spiro atoms. The van der Waals surface area contributed by atoms with Crippen molar-refractivity contribution in [1.29, 1.82) is 0 Å². The zero-order valence-corrected chi connectivity index (χ0v) is 13.6. The summed E-state index contributed by atoms with van der Waals surface area (Å²) in [6, 6.07) is 7.00. The predicted molar refractivity (Wildman–Crippen MR) is 87.5 cm³/mol. The highest BCUT2D eigenvalue weighted by molar-refractivity contribution is 5.39. The first-order chi connectivity index (χ1) is 9.58. The fraction of sp³-hybridized carbons (Fsp3) is 0.667. The van der Waals surface area contributed by atoms with Crippen LogP contribution >= 0.6 is 0 Å². The third kappa shape index (κ3) is 5.54. The number of benzene rings is 1. The van der Waals surface area contributed by atoms with Gasteiger partial charge in [0.05, 0.1) is 6.61 Å². The highest BCUT2D eigenvalue weighted by Crippen LogP contribution is 2.28. The lowest BCUT2D eigenvalue weighted by Crippen LogP contribution is -2.19. The van der Waals surface area contributed by atoms with Gasteiger partial charge in [0.15, 0.2) is 0 Å². The number of hydrogen-bond acceptors (Lipinski definition) is 2. The Morgan fingerprint density at radius 2 is 1.90 bits per heavy atom. The van der Waals surface area contributed by atoms with Gasteiger partial charge in [0.1, 0.15) is 5.75 Å². The molecule has 2 nitrogen and oxygen atoms in total. The summed E-state index contributed by atoms with van der Waals surface area (Å²) in [5, 5.41) is 0. The second-order valence-corrected chi connectivity index (χ2v) is 5.90. The van der Waals surface area contributed by atoms with Crippen molar-refractivity contribution in [2.75, 3.05) is 6.61 Å². The maximum atomic E-state index is 6.07. The van der Waals surface area contributed by atoms with Crippen molar-refractivity contribution in [3.8, 4) is 5.75 Å². The van der Waals surface area contributed by atoms with Gasteiger partial charge in [0.2, 0.25) is 0 Å². The molecule has 114 valence electrons. The fourth-order valence-electron chi connectivity index (χ4n) is 2.58. The van der Waals surface area contributed by atoms with Crippen molar-refractivity contribution in [1.82, 2.24) is 0 Å². The number of aryl methyl sites for hydroxylation is 1. The van der Waals surface area contributed by atoms with Gasteiger partial charge >= 0.3 is 0 Å². The Kier molecular flexibility index (Phi) is 7.68. The molecule has 0 aliphatic rings. The first kappa shape index (κ1) is 17.0. The van der Waals surface area contributed by atoms with E-state index >= 15 is 0 Å². The Labute approximate surface area is 124 Å². The van der Waals surface area contributed by atoms with Crippen LogP contribution in [-0.2, 0) is 6.42 Å². The predicted octanol–water partition coefficient (Wildman–Crippen LogP) is 4.66.